The lowest BCUT2D eigenvalue weighted by molar-refractivity contribution is -0.138. The Labute approximate surface area is 119 Å². The van der Waals surface area contributed by atoms with Crippen molar-refractivity contribution in [2.24, 2.45) is 0 Å². The van der Waals surface area contributed by atoms with Crippen LogP contribution in [-0.4, -0.2) is 4.98 Å². The minimum Gasteiger partial charge on any atom is -0.306 e. The highest BCUT2D eigenvalue weighted by Gasteiger charge is 2.33. The number of nitrogens with zero attached hydrogens (tertiary/aromatic N) is 1. The summed E-state index contributed by atoms with van der Waals surface area (Å²) in [5, 5.41) is 3.00. The molecular weight excluding hydrogens is 284 g/mol. The fourth-order valence-corrected chi connectivity index (χ4v) is 2.00. The Morgan fingerprint density at radius 3 is 2.43 bits per heavy atom. The van der Waals surface area contributed by atoms with Crippen LogP contribution in [0.4, 0.5) is 17.6 Å². The van der Waals surface area contributed by atoms with Crippen molar-refractivity contribution >= 4 is 0 Å². The summed E-state index contributed by atoms with van der Waals surface area (Å²) in [6.45, 7) is 1.84. The fraction of sp³-hybridized carbons (Fsp3) is 0.267. The van der Waals surface area contributed by atoms with Gasteiger partial charge in [-0.3, -0.25) is 4.98 Å². The molecule has 1 heterocycles. The molecule has 1 N–H and O–H groups in total. The van der Waals surface area contributed by atoms with Gasteiger partial charge in [-0.1, -0.05) is 6.07 Å². The second-order valence-corrected chi connectivity index (χ2v) is 4.68. The van der Waals surface area contributed by atoms with E-state index in [1.165, 1.54) is 0 Å². The SMILES string of the molecule is C[C@@H](NCc1ccc(F)cc1C(F)(F)F)c1ccncc1. The second kappa shape index (κ2) is 6.22. The summed E-state index contributed by atoms with van der Waals surface area (Å²) in [5.74, 6) is -0.895. The third kappa shape index (κ3) is 4.01. The van der Waals surface area contributed by atoms with Crippen LogP contribution in [0.1, 0.15) is 29.7 Å². The first-order valence-corrected chi connectivity index (χ1v) is 6.37. The number of alkyl halides is 3. The van der Waals surface area contributed by atoms with Gasteiger partial charge in [-0.05, 0) is 42.3 Å². The Bertz CT molecular complexity index is 596. The van der Waals surface area contributed by atoms with Crippen LogP contribution in [0.2, 0.25) is 0 Å². The van der Waals surface area contributed by atoms with E-state index in [0.717, 1.165) is 17.7 Å². The zero-order chi connectivity index (χ0) is 15.5. The molecule has 0 amide bonds. The van der Waals surface area contributed by atoms with E-state index >= 15 is 0 Å². The van der Waals surface area contributed by atoms with Gasteiger partial charge in [0.1, 0.15) is 5.82 Å². The largest absolute Gasteiger partial charge is 0.416 e. The van der Waals surface area contributed by atoms with Gasteiger partial charge in [-0.2, -0.15) is 13.2 Å². The lowest BCUT2D eigenvalue weighted by atomic mass is 10.1. The Morgan fingerprint density at radius 1 is 1.14 bits per heavy atom. The highest BCUT2D eigenvalue weighted by atomic mass is 19.4. The van der Waals surface area contributed by atoms with Gasteiger partial charge in [0.15, 0.2) is 0 Å². The van der Waals surface area contributed by atoms with Crippen LogP contribution in [0.25, 0.3) is 0 Å². The van der Waals surface area contributed by atoms with E-state index in [1.54, 1.807) is 24.5 Å². The average molecular weight is 298 g/mol. The molecule has 0 saturated heterocycles. The summed E-state index contributed by atoms with van der Waals surface area (Å²) in [4.78, 5) is 3.88. The van der Waals surface area contributed by atoms with Crippen LogP contribution in [0.15, 0.2) is 42.7 Å². The second-order valence-electron chi connectivity index (χ2n) is 4.68. The molecule has 0 aliphatic carbocycles. The quantitative estimate of drug-likeness (QED) is 0.860. The summed E-state index contributed by atoms with van der Waals surface area (Å²) in [5.41, 5.74) is -0.0117. The average Bonchev–Trinajstić information content (AvgIpc) is 2.45. The van der Waals surface area contributed by atoms with Crippen LogP contribution in [0, 0.1) is 5.82 Å². The highest BCUT2D eigenvalue weighted by Crippen LogP contribution is 2.32. The predicted molar refractivity (Wildman–Crippen MR) is 70.9 cm³/mol. The number of halogens is 4. The van der Waals surface area contributed by atoms with Crippen LogP contribution < -0.4 is 5.32 Å². The van der Waals surface area contributed by atoms with Crippen molar-refractivity contribution in [3.8, 4) is 0 Å². The van der Waals surface area contributed by atoms with Gasteiger partial charge in [0.25, 0.3) is 0 Å². The molecule has 2 rings (SSSR count). The Kier molecular flexibility index (Phi) is 4.57. The van der Waals surface area contributed by atoms with Crippen molar-refractivity contribution in [2.45, 2.75) is 25.7 Å². The topological polar surface area (TPSA) is 24.9 Å². The van der Waals surface area contributed by atoms with E-state index in [1.807, 2.05) is 6.92 Å². The molecule has 1 aromatic carbocycles. The highest BCUT2D eigenvalue weighted by molar-refractivity contribution is 5.30. The molecule has 0 unspecified atom stereocenters. The van der Waals surface area contributed by atoms with Crippen molar-refractivity contribution < 1.29 is 17.6 Å². The van der Waals surface area contributed by atoms with Crippen molar-refractivity contribution in [3.63, 3.8) is 0 Å². The number of aromatic nitrogens is 1. The zero-order valence-electron chi connectivity index (χ0n) is 11.3. The van der Waals surface area contributed by atoms with Crippen molar-refractivity contribution in [1.29, 1.82) is 0 Å². The van der Waals surface area contributed by atoms with E-state index in [0.29, 0.717) is 6.07 Å². The lowest BCUT2D eigenvalue weighted by Crippen LogP contribution is -2.21. The summed E-state index contributed by atoms with van der Waals surface area (Å²) < 4.78 is 51.6. The molecule has 0 aliphatic rings. The van der Waals surface area contributed by atoms with Gasteiger partial charge in [-0.15, -0.1) is 0 Å². The van der Waals surface area contributed by atoms with Crippen LogP contribution in [0.3, 0.4) is 0 Å². The third-order valence-corrected chi connectivity index (χ3v) is 3.18. The normalized spacial score (nSPS) is 13.2. The summed E-state index contributed by atoms with van der Waals surface area (Å²) >= 11 is 0. The molecule has 0 bridgehead atoms. The maximum Gasteiger partial charge on any atom is 0.416 e. The molecule has 0 fully saturated rings. The molecule has 2 nitrogen and oxygen atoms in total. The van der Waals surface area contributed by atoms with Gasteiger partial charge in [-0.25, -0.2) is 4.39 Å². The predicted octanol–water partition coefficient (Wildman–Crippen LogP) is 4.09. The molecule has 1 atom stereocenters. The first-order chi connectivity index (χ1) is 9.88. The zero-order valence-corrected chi connectivity index (χ0v) is 11.3. The summed E-state index contributed by atoms with van der Waals surface area (Å²) in [6.07, 6.45) is -1.34. The first kappa shape index (κ1) is 15.4. The molecule has 0 radical (unpaired) electrons. The Balaban J connectivity index is 2.14. The van der Waals surface area contributed by atoms with Crippen molar-refractivity contribution in [2.75, 3.05) is 0 Å². The molecule has 0 spiro atoms. The number of nitrogens with one attached hydrogen (secondary N) is 1. The molecular formula is C15H14F4N2. The molecule has 0 saturated carbocycles. The van der Waals surface area contributed by atoms with Gasteiger partial charge >= 0.3 is 6.18 Å². The number of hydrogen-bond donors (Lipinski definition) is 1. The van der Waals surface area contributed by atoms with Crippen LogP contribution >= 0.6 is 0 Å². The Hall–Kier alpha value is -1.95. The number of hydrogen-bond acceptors (Lipinski definition) is 2. The number of rotatable bonds is 4. The molecule has 112 valence electrons. The van der Waals surface area contributed by atoms with Gasteiger partial charge in [0.05, 0.1) is 5.56 Å². The smallest absolute Gasteiger partial charge is 0.306 e. The van der Waals surface area contributed by atoms with Crippen LogP contribution in [0.5, 0.6) is 0 Å². The van der Waals surface area contributed by atoms with E-state index in [2.05, 4.69) is 10.3 Å². The number of pyridine rings is 1. The van der Waals surface area contributed by atoms with E-state index < -0.39 is 17.6 Å². The molecule has 21 heavy (non-hydrogen) atoms. The standard InChI is InChI=1S/C15H14F4N2/c1-10(11-4-6-20-7-5-11)21-9-12-2-3-13(16)8-14(12)15(17,18)19/h2-8,10,21H,9H2,1H3/t10-/m1/s1. The first-order valence-electron chi connectivity index (χ1n) is 6.37. The molecule has 6 heteroatoms. The molecule has 2 aromatic rings. The monoisotopic (exact) mass is 298 g/mol. The maximum atomic E-state index is 13.0. The summed E-state index contributed by atoms with van der Waals surface area (Å²) in [6, 6.07) is 6.14. The van der Waals surface area contributed by atoms with E-state index in [4.69, 9.17) is 0 Å². The third-order valence-electron chi connectivity index (χ3n) is 3.18. The minimum absolute atomic E-state index is 0.00138. The minimum atomic E-state index is -4.57. The Morgan fingerprint density at radius 2 is 1.81 bits per heavy atom. The van der Waals surface area contributed by atoms with Gasteiger partial charge < -0.3 is 5.32 Å². The van der Waals surface area contributed by atoms with Gasteiger partial charge in [0.2, 0.25) is 0 Å². The van der Waals surface area contributed by atoms with Crippen molar-refractivity contribution in [3.05, 3.63) is 65.2 Å². The van der Waals surface area contributed by atoms with Crippen molar-refractivity contribution in [1.82, 2.24) is 10.3 Å². The van der Waals surface area contributed by atoms with E-state index in [-0.39, 0.29) is 18.2 Å². The summed E-state index contributed by atoms with van der Waals surface area (Å²) in [7, 11) is 0. The van der Waals surface area contributed by atoms with E-state index in [9.17, 15) is 17.6 Å². The fourth-order valence-electron chi connectivity index (χ4n) is 2.00. The maximum absolute atomic E-state index is 13.0. The van der Waals surface area contributed by atoms with Gasteiger partial charge in [0, 0.05) is 25.0 Å². The molecule has 0 aliphatic heterocycles. The number of benzene rings is 1. The van der Waals surface area contributed by atoms with Crippen LogP contribution in [-0.2, 0) is 12.7 Å². The lowest BCUT2D eigenvalue weighted by Gasteiger charge is -2.17. The molecule has 1 aromatic heterocycles.